The standard InChI is InChI=1S/C14H17BrN2O4/c15-11-3-1-10(2-4-11)12-9-17(7-8-21-12)14(20)16-6-5-13(18)19/h1-4,12H,5-9H2,(H,16,20)(H,18,19). The van der Waals surface area contributed by atoms with Gasteiger partial charge in [0.05, 0.1) is 19.6 Å². The second-order valence-corrected chi connectivity index (χ2v) is 5.65. The van der Waals surface area contributed by atoms with Gasteiger partial charge < -0.3 is 20.1 Å². The van der Waals surface area contributed by atoms with E-state index in [1.54, 1.807) is 4.90 Å². The predicted molar refractivity (Wildman–Crippen MR) is 80.1 cm³/mol. The Hall–Kier alpha value is -1.60. The molecule has 2 N–H and O–H groups in total. The molecule has 1 atom stereocenters. The summed E-state index contributed by atoms with van der Waals surface area (Å²) in [6.45, 7) is 1.56. The van der Waals surface area contributed by atoms with Crippen LogP contribution in [0.25, 0.3) is 0 Å². The van der Waals surface area contributed by atoms with Gasteiger partial charge in [-0.05, 0) is 17.7 Å². The third-order valence-electron chi connectivity index (χ3n) is 3.21. The molecule has 1 fully saturated rings. The van der Waals surface area contributed by atoms with Gasteiger partial charge in [-0.3, -0.25) is 4.79 Å². The van der Waals surface area contributed by atoms with E-state index in [1.807, 2.05) is 24.3 Å². The summed E-state index contributed by atoms with van der Waals surface area (Å²) in [6, 6.07) is 7.54. The van der Waals surface area contributed by atoms with Crippen LogP contribution in [0, 0.1) is 0 Å². The number of morpholine rings is 1. The molecule has 1 aromatic carbocycles. The number of benzene rings is 1. The largest absolute Gasteiger partial charge is 0.481 e. The smallest absolute Gasteiger partial charge is 0.317 e. The highest BCUT2D eigenvalue weighted by molar-refractivity contribution is 9.10. The van der Waals surface area contributed by atoms with Crippen LogP contribution in [0.1, 0.15) is 18.1 Å². The maximum absolute atomic E-state index is 12.0. The Morgan fingerprint density at radius 3 is 2.76 bits per heavy atom. The van der Waals surface area contributed by atoms with Crippen molar-refractivity contribution in [1.29, 1.82) is 0 Å². The van der Waals surface area contributed by atoms with Crippen LogP contribution in [0.4, 0.5) is 4.79 Å². The lowest BCUT2D eigenvalue weighted by Gasteiger charge is -2.33. The molecule has 0 radical (unpaired) electrons. The number of hydrogen-bond donors (Lipinski definition) is 2. The van der Waals surface area contributed by atoms with Crippen LogP contribution in [-0.2, 0) is 9.53 Å². The van der Waals surface area contributed by atoms with E-state index < -0.39 is 5.97 Å². The number of carboxylic acid groups (broad SMARTS) is 1. The summed E-state index contributed by atoms with van der Waals surface area (Å²) in [5, 5.41) is 11.2. The average molecular weight is 357 g/mol. The first kappa shape index (κ1) is 15.8. The van der Waals surface area contributed by atoms with Gasteiger partial charge >= 0.3 is 12.0 Å². The molecular weight excluding hydrogens is 340 g/mol. The van der Waals surface area contributed by atoms with Gasteiger partial charge in [-0.1, -0.05) is 28.1 Å². The molecule has 7 heteroatoms. The lowest BCUT2D eigenvalue weighted by atomic mass is 10.1. The van der Waals surface area contributed by atoms with E-state index in [-0.39, 0.29) is 25.1 Å². The summed E-state index contributed by atoms with van der Waals surface area (Å²) in [7, 11) is 0. The van der Waals surface area contributed by atoms with E-state index in [0.717, 1.165) is 10.0 Å². The van der Waals surface area contributed by atoms with Crippen molar-refractivity contribution in [3.63, 3.8) is 0 Å². The van der Waals surface area contributed by atoms with Crippen molar-refractivity contribution in [3.05, 3.63) is 34.3 Å². The molecule has 2 amide bonds. The van der Waals surface area contributed by atoms with Crippen LogP contribution in [0.3, 0.4) is 0 Å². The first-order chi connectivity index (χ1) is 10.1. The van der Waals surface area contributed by atoms with Crippen molar-refractivity contribution in [1.82, 2.24) is 10.2 Å². The van der Waals surface area contributed by atoms with Crippen LogP contribution in [0.15, 0.2) is 28.7 Å². The van der Waals surface area contributed by atoms with Gasteiger partial charge in [0.2, 0.25) is 0 Å². The number of urea groups is 1. The summed E-state index contributed by atoms with van der Waals surface area (Å²) < 4.78 is 6.69. The molecule has 1 aromatic rings. The third-order valence-corrected chi connectivity index (χ3v) is 3.74. The van der Waals surface area contributed by atoms with Crippen molar-refractivity contribution in [2.24, 2.45) is 0 Å². The van der Waals surface area contributed by atoms with Gasteiger partial charge in [-0.25, -0.2) is 4.79 Å². The lowest BCUT2D eigenvalue weighted by molar-refractivity contribution is -0.136. The van der Waals surface area contributed by atoms with Gasteiger partial charge in [-0.15, -0.1) is 0 Å². The van der Waals surface area contributed by atoms with Gasteiger partial charge in [-0.2, -0.15) is 0 Å². The Balaban J connectivity index is 1.89. The second kappa shape index (κ2) is 7.42. The fourth-order valence-corrected chi connectivity index (χ4v) is 2.37. The van der Waals surface area contributed by atoms with Crippen molar-refractivity contribution >= 4 is 27.9 Å². The highest BCUT2D eigenvalue weighted by Gasteiger charge is 2.25. The molecule has 1 aliphatic heterocycles. The van der Waals surface area contributed by atoms with Gasteiger partial charge in [0.25, 0.3) is 0 Å². The summed E-state index contributed by atoms with van der Waals surface area (Å²) in [5.74, 6) is -0.926. The van der Waals surface area contributed by atoms with Gasteiger partial charge in [0.1, 0.15) is 6.10 Å². The number of amides is 2. The first-order valence-corrected chi connectivity index (χ1v) is 7.47. The summed E-state index contributed by atoms with van der Waals surface area (Å²) in [5.41, 5.74) is 1.02. The van der Waals surface area contributed by atoms with Crippen molar-refractivity contribution in [3.8, 4) is 0 Å². The van der Waals surface area contributed by atoms with Crippen LogP contribution in [-0.4, -0.2) is 48.2 Å². The molecule has 1 heterocycles. The van der Waals surface area contributed by atoms with Gasteiger partial charge in [0.15, 0.2) is 0 Å². The number of carboxylic acids is 1. The molecule has 0 spiro atoms. The number of halogens is 1. The van der Waals surface area contributed by atoms with Crippen molar-refractivity contribution < 1.29 is 19.4 Å². The molecule has 114 valence electrons. The van der Waals surface area contributed by atoms with Gasteiger partial charge in [0, 0.05) is 17.6 Å². The fourth-order valence-electron chi connectivity index (χ4n) is 2.10. The highest BCUT2D eigenvalue weighted by Crippen LogP contribution is 2.23. The molecule has 1 saturated heterocycles. The predicted octanol–water partition coefficient (Wildman–Crippen LogP) is 2.01. The molecule has 2 rings (SSSR count). The zero-order valence-electron chi connectivity index (χ0n) is 11.4. The monoisotopic (exact) mass is 356 g/mol. The minimum absolute atomic E-state index is 0.0772. The normalized spacial score (nSPS) is 18.3. The number of ether oxygens (including phenoxy) is 1. The summed E-state index contributed by atoms with van der Waals surface area (Å²) in [4.78, 5) is 24.1. The molecule has 21 heavy (non-hydrogen) atoms. The number of rotatable bonds is 4. The second-order valence-electron chi connectivity index (χ2n) is 4.73. The molecule has 0 saturated carbocycles. The van der Waals surface area contributed by atoms with E-state index in [0.29, 0.717) is 19.7 Å². The van der Waals surface area contributed by atoms with Crippen LogP contribution in [0.5, 0.6) is 0 Å². The molecule has 0 aliphatic carbocycles. The Bertz CT molecular complexity index is 506. The topological polar surface area (TPSA) is 78.9 Å². The molecule has 1 aliphatic rings. The minimum Gasteiger partial charge on any atom is -0.481 e. The number of aliphatic carboxylic acids is 1. The fraction of sp³-hybridized carbons (Fsp3) is 0.429. The third kappa shape index (κ3) is 4.71. The Kier molecular flexibility index (Phi) is 5.58. The molecule has 6 nitrogen and oxygen atoms in total. The maximum atomic E-state index is 12.0. The van der Waals surface area contributed by atoms with E-state index in [9.17, 15) is 9.59 Å². The zero-order valence-corrected chi connectivity index (χ0v) is 13.0. The van der Waals surface area contributed by atoms with E-state index in [4.69, 9.17) is 9.84 Å². The number of carbonyl (C=O) groups excluding carboxylic acids is 1. The summed E-state index contributed by atoms with van der Waals surface area (Å²) in [6.07, 6.45) is -0.233. The van der Waals surface area contributed by atoms with E-state index in [2.05, 4.69) is 21.2 Å². The number of hydrogen-bond acceptors (Lipinski definition) is 3. The zero-order chi connectivity index (χ0) is 15.2. The van der Waals surface area contributed by atoms with Crippen molar-refractivity contribution in [2.45, 2.75) is 12.5 Å². The van der Waals surface area contributed by atoms with Crippen LogP contribution >= 0.6 is 15.9 Å². The Morgan fingerprint density at radius 1 is 1.38 bits per heavy atom. The molecule has 0 bridgehead atoms. The first-order valence-electron chi connectivity index (χ1n) is 6.68. The lowest BCUT2D eigenvalue weighted by Crippen LogP contribution is -2.47. The Labute approximate surface area is 131 Å². The Morgan fingerprint density at radius 2 is 2.10 bits per heavy atom. The van der Waals surface area contributed by atoms with E-state index in [1.165, 1.54) is 0 Å². The maximum Gasteiger partial charge on any atom is 0.317 e. The number of nitrogens with one attached hydrogen (secondary N) is 1. The molecular formula is C14H17BrN2O4. The molecule has 0 aromatic heterocycles. The quantitative estimate of drug-likeness (QED) is 0.864. The molecule has 1 unspecified atom stereocenters. The SMILES string of the molecule is O=C(O)CCNC(=O)N1CCOC(c2ccc(Br)cc2)C1. The average Bonchev–Trinajstić information content (AvgIpc) is 2.47. The van der Waals surface area contributed by atoms with E-state index >= 15 is 0 Å². The number of nitrogens with zero attached hydrogens (tertiary/aromatic N) is 1. The van der Waals surface area contributed by atoms with Crippen LogP contribution < -0.4 is 5.32 Å². The highest BCUT2D eigenvalue weighted by atomic mass is 79.9. The van der Waals surface area contributed by atoms with Crippen molar-refractivity contribution in [2.75, 3.05) is 26.2 Å². The van der Waals surface area contributed by atoms with Crippen LogP contribution in [0.2, 0.25) is 0 Å². The number of carbonyl (C=O) groups is 2. The summed E-state index contributed by atoms with van der Waals surface area (Å²) >= 11 is 3.38. The minimum atomic E-state index is -0.926.